The van der Waals surface area contributed by atoms with Gasteiger partial charge in [0, 0.05) is 16.5 Å². The van der Waals surface area contributed by atoms with Crippen LogP contribution in [0.5, 0.6) is 0 Å². The number of amides is 2. The molecule has 24 heavy (non-hydrogen) atoms. The lowest BCUT2D eigenvalue weighted by Gasteiger charge is -2.02. The highest BCUT2D eigenvalue weighted by molar-refractivity contribution is 5.89. The number of benzene rings is 2. The molecule has 0 saturated heterocycles. The summed E-state index contributed by atoms with van der Waals surface area (Å²) >= 11 is 0. The van der Waals surface area contributed by atoms with Crippen LogP contribution in [0.15, 0.2) is 70.0 Å². The van der Waals surface area contributed by atoms with E-state index in [2.05, 4.69) is 26.2 Å². The maximum absolute atomic E-state index is 11.9. The Hall–Kier alpha value is -3.68. The van der Waals surface area contributed by atoms with E-state index in [0.717, 1.165) is 0 Å². The van der Waals surface area contributed by atoms with E-state index in [1.807, 2.05) is 6.07 Å². The zero-order valence-corrected chi connectivity index (χ0v) is 12.3. The molecule has 4 N–H and O–H groups in total. The molecule has 0 atom stereocenters. The standard InChI is InChI=1S/C16H13N5O3/c22-16(17-10-6-2-1-3-7-10)19-18-15-13(20-23)11-8-4-5-9-12(11)14(15)21-24/h1-9,23-24H,(H2,17,19,22)/b18-15-,20-13-,21-14+. The van der Waals surface area contributed by atoms with Crippen molar-refractivity contribution in [2.24, 2.45) is 15.4 Å². The van der Waals surface area contributed by atoms with E-state index >= 15 is 0 Å². The van der Waals surface area contributed by atoms with Gasteiger partial charge in [-0.2, -0.15) is 5.10 Å². The zero-order valence-electron chi connectivity index (χ0n) is 12.3. The third kappa shape index (κ3) is 2.80. The predicted molar refractivity (Wildman–Crippen MR) is 85.2 cm³/mol. The molecule has 0 bridgehead atoms. The van der Waals surface area contributed by atoms with Gasteiger partial charge in [0.2, 0.25) is 0 Å². The Bertz CT molecular complexity index is 997. The SMILES string of the molecule is O=C(N/N=c1c(=N\O)/c2ccccc2c/1=N\O)Nc1ccccc1. The summed E-state index contributed by atoms with van der Waals surface area (Å²) in [5, 5.41) is 32.8. The Morgan fingerprint density at radius 3 is 1.88 bits per heavy atom. The minimum atomic E-state index is -0.584. The molecule has 3 rings (SSSR count). The molecule has 0 aromatic heterocycles. The van der Waals surface area contributed by atoms with Gasteiger partial charge in [0.15, 0.2) is 0 Å². The van der Waals surface area contributed by atoms with Crippen molar-refractivity contribution >= 4 is 22.5 Å². The zero-order chi connectivity index (χ0) is 16.9. The fourth-order valence-electron chi connectivity index (χ4n) is 2.36. The second kappa shape index (κ2) is 6.61. The number of para-hydroxylation sites is 1. The fraction of sp³-hybridized carbons (Fsp3) is 0. The fourth-order valence-corrected chi connectivity index (χ4v) is 2.36. The Balaban J connectivity index is 2.00. The number of nitrogens with zero attached hydrogens (tertiary/aromatic N) is 3. The lowest BCUT2D eigenvalue weighted by atomic mass is 10.2. The Labute approximate surface area is 135 Å². The van der Waals surface area contributed by atoms with Crippen molar-refractivity contribution in [3.63, 3.8) is 0 Å². The minimum Gasteiger partial charge on any atom is -0.410 e. The van der Waals surface area contributed by atoms with Crippen LogP contribution in [0.25, 0.3) is 10.8 Å². The van der Waals surface area contributed by atoms with Gasteiger partial charge in [-0.25, -0.2) is 10.2 Å². The summed E-state index contributed by atoms with van der Waals surface area (Å²) in [6.07, 6.45) is 0. The summed E-state index contributed by atoms with van der Waals surface area (Å²) in [5.41, 5.74) is 2.89. The van der Waals surface area contributed by atoms with Crippen molar-refractivity contribution in [1.82, 2.24) is 5.43 Å². The number of hydrogen-bond acceptors (Lipinski definition) is 6. The maximum atomic E-state index is 11.9. The first-order valence-electron chi connectivity index (χ1n) is 6.99. The van der Waals surface area contributed by atoms with Crippen LogP contribution in [0.2, 0.25) is 0 Å². The predicted octanol–water partition coefficient (Wildman–Crippen LogP) is 0.933. The number of carbonyl (C=O) groups excluding carboxylic acids is 1. The summed E-state index contributed by atoms with van der Waals surface area (Å²) in [6.45, 7) is 0. The highest BCUT2D eigenvalue weighted by Crippen LogP contribution is 2.04. The van der Waals surface area contributed by atoms with Gasteiger partial charge in [-0.3, -0.25) is 0 Å². The van der Waals surface area contributed by atoms with Crippen LogP contribution in [-0.2, 0) is 0 Å². The lowest BCUT2D eigenvalue weighted by molar-refractivity contribution is 0.252. The van der Waals surface area contributed by atoms with Crippen LogP contribution >= 0.6 is 0 Å². The van der Waals surface area contributed by atoms with Crippen molar-refractivity contribution < 1.29 is 15.2 Å². The van der Waals surface area contributed by atoms with Gasteiger partial charge in [0.25, 0.3) is 0 Å². The quantitative estimate of drug-likeness (QED) is 0.415. The van der Waals surface area contributed by atoms with Crippen LogP contribution in [-0.4, -0.2) is 16.4 Å². The molecule has 0 aliphatic rings. The molecule has 8 heteroatoms. The van der Waals surface area contributed by atoms with Gasteiger partial charge in [-0.15, -0.1) is 0 Å². The average Bonchev–Trinajstić information content (AvgIpc) is 2.93. The summed E-state index contributed by atoms with van der Waals surface area (Å²) in [4.78, 5) is 11.9. The molecule has 0 fully saturated rings. The molecule has 0 radical (unpaired) electrons. The van der Waals surface area contributed by atoms with E-state index in [9.17, 15) is 15.2 Å². The second-order valence-electron chi connectivity index (χ2n) is 4.84. The van der Waals surface area contributed by atoms with Crippen molar-refractivity contribution in [2.75, 3.05) is 5.32 Å². The van der Waals surface area contributed by atoms with Crippen LogP contribution < -0.4 is 26.8 Å². The minimum absolute atomic E-state index is 0.0596. The first-order valence-corrected chi connectivity index (χ1v) is 6.99. The molecular weight excluding hydrogens is 310 g/mol. The number of urea groups is 1. The van der Waals surface area contributed by atoms with Crippen molar-refractivity contribution in [3.8, 4) is 0 Å². The third-order valence-corrected chi connectivity index (χ3v) is 3.39. The highest BCUT2D eigenvalue weighted by Gasteiger charge is 2.09. The van der Waals surface area contributed by atoms with E-state index in [1.54, 1.807) is 48.5 Å². The van der Waals surface area contributed by atoms with E-state index in [0.29, 0.717) is 16.5 Å². The van der Waals surface area contributed by atoms with E-state index in [1.165, 1.54) is 0 Å². The number of anilines is 1. The van der Waals surface area contributed by atoms with Crippen LogP contribution in [0.4, 0.5) is 10.5 Å². The molecule has 3 aromatic carbocycles. The smallest absolute Gasteiger partial charge is 0.339 e. The van der Waals surface area contributed by atoms with Gasteiger partial charge >= 0.3 is 6.03 Å². The van der Waals surface area contributed by atoms with E-state index in [-0.39, 0.29) is 16.1 Å². The molecule has 0 aliphatic carbocycles. The number of rotatable bonds is 2. The van der Waals surface area contributed by atoms with E-state index in [4.69, 9.17) is 0 Å². The third-order valence-electron chi connectivity index (χ3n) is 3.39. The van der Waals surface area contributed by atoms with Crippen LogP contribution in [0.3, 0.4) is 0 Å². The highest BCUT2D eigenvalue weighted by atomic mass is 16.4. The molecule has 0 heterocycles. The number of fused-ring (bicyclic) bond motifs is 1. The second-order valence-corrected chi connectivity index (χ2v) is 4.84. The molecule has 8 nitrogen and oxygen atoms in total. The first-order chi connectivity index (χ1) is 11.7. The molecule has 120 valence electrons. The largest absolute Gasteiger partial charge is 0.410 e. The summed E-state index contributed by atoms with van der Waals surface area (Å²) < 4.78 is 0. The summed E-state index contributed by atoms with van der Waals surface area (Å²) in [5.74, 6) is 0. The van der Waals surface area contributed by atoms with Gasteiger partial charge < -0.3 is 15.7 Å². The van der Waals surface area contributed by atoms with Crippen molar-refractivity contribution in [3.05, 3.63) is 70.7 Å². The number of carbonyl (C=O) groups is 1. The Kier molecular flexibility index (Phi) is 4.19. The first kappa shape index (κ1) is 15.2. The number of hydrogen-bond donors (Lipinski definition) is 4. The van der Waals surface area contributed by atoms with Crippen molar-refractivity contribution in [1.29, 1.82) is 0 Å². The van der Waals surface area contributed by atoms with Gasteiger partial charge in [-0.1, -0.05) is 52.8 Å². The summed E-state index contributed by atoms with van der Waals surface area (Å²) in [7, 11) is 0. The molecule has 0 aliphatic heterocycles. The van der Waals surface area contributed by atoms with Crippen LogP contribution in [0, 0.1) is 0 Å². The molecule has 3 aromatic rings. The Morgan fingerprint density at radius 1 is 0.792 bits per heavy atom. The molecule has 0 saturated carbocycles. The lowest BCUT2D eigenvalue weighted by Crippen LogP contribution is -2.38. The van der Waals surface area contributed by atoms with Gasteiger partial charge in [0.1, 0.15) is 16.1 Å². The van der Waals surface area contributed by atoms with Gasteiger partial charge in [-0.05, 0) is 12.1 Å². The van der Waals surface area contributed by atoms with Gasteiger partial charge in [0.05, 0.1) is 0 Å². The molecule has 0 unspecified atom stereocenters. The maximum Gasteiger partial charge on any atom is 0.339 e. The molecule has 2 amide bonds. The topological polar surface area (TPSA) is 119 Å². The molecular formula is C16H13N5O3. The van der Waals surface area contributed by atoms with Crippen LogP contribution in [0.1, 0.15) is 0 Å². The molecule has 0 spiro atoms. The average molecular weight is 323 g/mol. The normalized spacial score (nSPS) is 13.4. The summed E-state index contributed by atoms with van der Waals surface area (Å²) in [6, 6.07) is 15.1. The Morgan fingerprint density at radius 2 is 1.33 bits per heavy atom. The van der Waals surface area contributed by atoms with Crippen molar-refractivity contribution in [2.45, 2.75) is 0 Å². The monoisotopic (exact) mass is 323 g/mol. The number of nitrogens with one attached hydrogen (secondary N) is 2. The van der Waals surface area contributed by atoms with E-state index < -0.39 is 6.03 Å².